The third-order valence-corrected chi connectivity index (χ3v) is 8.59. The van der Waals surface area contributed by atoms with Gasteiger partial charge in [0.05, 0.1) is 16.7 Å². The van der Waals surface area contributed by atoms with Gasteiger partial charge in [0.15, 0.2) is 0 Å². The molecular weight excluding hydrogens is 475 g/mol. The third-order valence-electron chi connectivity index (χ3n) is 6.94. The molecule has 0 radical (unpaired) electrons. The van der Waals surface area contributed by atoms with Gasteiger partial charge in [-0.3, -0.25) is 4.99 Å². The lowest BCUT2D eigenvalue weighted by molar-refractivity contribution is 0.380. The van der Waals surface area contributed by atoms with Crippen molar-refractivity contribution in [2.75, 3.05) is 26.2 Å². The first kappa shape index (κ1) is 26.1. The zero-order chi connectivity index (χ0) is 25.0. The lowest BCUT2D eigenvalue weighted by atomic mass is 9.85. The predicted molar refractivity (Wildman–Crippen MR) is 152 cm³/mol. The first-order valence-corrected chi connectivity index (χ1v) is 13.9. The van der Waals surface area contributed by atoms with Gasteiger partial charge in [0, 0.05) is 30.9 Å². The molecule has 1 N–H and O–H groups in total. The molecule has 1 aliphatic carbocycles. The van der Waals surface area contributed by atoms with E-state index in [2.05, 4.69) is 48.4 Å². The number of aromatic nitrogens is 1. The normalized spacial score (nSPS) is 21.8. The summed E-state index contributed by atoms with van der Waals surface area (Å²) in [6.45, 7) is 14.0. The first-order chi connectivity index (χ1) is 16.8. The van der Waals surface area contributed by atoms with Crippen LogP contribution in [-0.2, 0) is 0 Å². The lowest BCUT2D eigenvalue weighted by Gasteiger charge is -2.23. The highest BCUT2D eigenvalue weighted by molar-refractivity contribution is 7.44. The molecule has 0 bridgehead atoms. The van der Waals surface area contributed by atoms with E-state index in [1.807, 2.05) is 20.8 Å². The van der Waals surface area contributed by atoms with E-state index in [1.54, 1.807) is 17.6 Å². The van der Waals surface area contributed by atoms with Gasteiger partial charge in [-0.25, -0.2) is 9.98 Å². The van der Waals surface area contributed by atoms with E-state index in [0.717, 1.165) is 65.9 Å². The molecule has 9 heteroatoms. The number of thiazole rings is 1. The second-order valence-corrected chi connectivity index (χ2v) is 11.7. The molecule has 3 heterocycles. The van der Waals surface area contributed by atoms with Gasteiger partial charge in [-0.05, 0) is 77.5 Å². The number of nitroso groups, excluding NO2 is 1. The molecule has 2 unspecified atom stereocenters. The minimum atomic E-state index is -0.601. The highest BCUT2D eigenvalue weighted by atomic mass is 32.1. The van der Waals surface area contributed by atoms with Crippen molar-refractivity contribution in [3.63, 3.8) is 0 Å². The molecule has 4 rings (SSSR count). The number of nitrogens with zero attached hydrogens (tertiary/aromatic N) is 5. The van der Waals surface area contributed by atoms with Gasteiger partial charge in [-0.1, -0.05) is 44.5 Å². The van der Waals surface area contributed by atoms with Gasteiger partial charge < -0.3 is 10.2 Å². The maximum absolute atomic E-state index is 11.4. The number of likely N-dealkylation sites (tertiary alicyclic amines) is 1. The number of allylic oxidation sites excluding steroid dienone is 3. The number of piperidine rings is 1. The van der Waals surface area contributed by atoms with E-state index in [-0.39, 0.29) is 5.92 Å². The highest BCUT2D eigenvalue weighted by Gasteiger charge is 2.38. The fourth-order valence-corrected chi connectivity index (χ4v) is 6.37. The van der Waals surface area contributed by atoms with Crippen molar-refractivity contribution in [1.29, 1.82) is 0 Å². The standard InChI is InChI=1S/C26H37N6OPS/c1-5-28-24-22(30-25(35-24)23(34)29-15-18-10-12-27-13-11-18)17(2)32-16-19(14-26(3,4)31-33)20-8-6-7-9-21(20)32/h5,8-9,18-19,27H,2,6-7,10-16,34H2,1,3-4H3. The Kier molecular flexibility index (Phi) is 8.46. The summed E-state index contributed by atoms with van der Waals surface area (Å²) in [5, 5.41) is 8.51. The summed E-state index contributed by atoms with van der Waals surface area (Å²) in [6, 6.07) is 0. The fraction of sp³-hybridized carbons (Fsp3) is 0.577. The largest absolute Gasteiger partial charge is 0.340 e. The molecular formula is C26H37N6OPS. The van der Waals surface area contributed by atoms with Gasteiger partial charge in [-0.2, -0.15) is 4.91 Å². The number of hydrogen-bond donors (Lipinski definition) is 1. The molecule has 2 fully saturated rings. The van der Waals surface area contributed by atoms with Gasteiger partial charge in [0.1, 0.15) is 15.7 Å². The van der Waals surface area contributed by atoms with Crippen LogP contribution < -0.4 is 5.32 Å². The van der Waals surface area contributed by atoms with Crippen molar-refractivity contribution in [2.45, 2.75) is 58.4 Å². The van der Waals surface area contributed by atoms with Crippen LogP contribution in [0.1, 0.15) is 63.6 Å². The molecule has 0 amide bonds. The fourth-order valence-electron chi connectivity index (χ4n) is 5.11. The predicted octanol–water partition coefficient (Wildman–Crippen LogP) is 5.93. The Labute approximate surface area is 215 Å². The summed E-state index contributed by atoms with van der Waals surface area (Å²) in [4.78, 5) is 28.1. The van der Waals surface area contributed by atoms with Crippen molar-refractivity contribution in [3.05, 3.63) is 45.6 Å². The molecule has 1 aromatic rings. The second-order valence-electron chi connectivity index (χ2n) is 10.2. The van der Waals surface area contributed by atoms with E-state index in [9.17, 15) is 4.91 Å². The van der Waals surface area contributed by atoms with E-state index < -0.39 is 5.54 Å². The number of nitrogens with one attached hydrogen (secondary N) is 1. The summed E-state index contributed by atoms with van der Waals surface area (Å²) in [5.74, 6) is 0.871. The van der Waals surface area contributed by atoms with Crippen LogP contribution in [0, 0.1) is 16.7 Å². The Balaban J connectivity index is 1.58. The number of aliphatic imine (C=N–C) groups is 2. The molecule has 3 aliphatic rings. The zero-order valence-corrected chi connectivity index (χ0v) is 23.1. The van der Waals surface area contributed by atoms with Crippen LogP contribution in [0.15, 0.2) is 45.2 Å². The SMILES string of the molecule is C=C(c1nc(C(P)=NCC2CCNCC2)sc1N=CC)N1CC(CC(C)(C)N=O)C2=CCCC=C21. The highest BCUT2D eigenvalue weighted by Crippen LogP contribution is 2.45. The van der Waals surface area contributed by atoms with Gasteiger partial charge in [0.2, 0.25) is 0 Å². The monoisotopic (exact) mass is 512 g/mol. The quantitative estimate of drug-likeness (QED) is 0.253. The lowest BCUT2D eigenvalue weighted by Crippen LogP contribution is -2.29. The van der Waals surface area contributed by atoms with Crippen molar-refractivity contribution in [3.8, 4) is 0 Å². The van der Waals surface area contributed by atoms with Crippen LogP contribution in [-0.4, -0.2) is 53.3 Å². The van der Waals surface area contributed by atoms with Gasteiger partial charge >= 0.3 is 0 Å². The maximum atomic E-state index is 11.4. The van der Waals surface area contributed by atoms with Crippen LogP contribution >= 0.6 is 20.6 Å². The van der Waals surface area contributed by atoms with Crippen LogP contribution in [0.2, 0.25) is 0 Å². The van der Waals surface area contributed by atoms with Crippen molar-refractivity contribution < 1.29 is 0 Å². The van der Waals surface area contributed by atoms with Crippen LogP contribution in [0.4, 0.5) is 5.00 Å². The molecule has 0 spiro atoms. The molecule has 2 aliphatic heterocycles. The average molecular weight is 513 g/mol. The average Bonchev–Trinajstić information content (AvgIpc) is 3.45. The Bertz CT molecular complexity index is 1080. The van der Waals surface area contributed by atoms with Crippen LogP contribution in [0.5, 0.6) is 0 Å². The van der Waals surface area contributed by atoms with Gasteiger partial charge in [0.25, 0.3) is 0 Å². The summed E-state index contributed by atoms with van der Waals surface area (Å²) >= 11 is 1.56. The molecule has 1 aromatic heterocycles. The molecule has 0 saturated carbocycles. The zero-order valence-electron chi connectivity index (χ0n) is 21.1. The molecule has 2 atom stereocenters. The second kappa shape index (κ2) is 11.4. The van der Waals surface area contributed by atoms with Crippen molar-refractivity contribution in [2.24, 2.45) is 27.0 Å². The summed E-state index contributed by atoms with van der Waals surface area (Å²) < 4.78 is 0. The van der Waals surface area contributed by atoms with E-state index in [1.165, 1.54) is 24.1 Å². The van der Waals surface area contributed by atoms with Crippen molar-refractivity contribution >= 4 is 42.9 Å². The Morgan fingerprint density at radius 2 is 2.09 bits per heavy atom. The molecule has 7 nitrogen and oxygen atoms in total. The summed E-state index contributed by atoms with van der Waals surface area (Å²) in [5.41, 5.74) is 4.44. The molecule has 188 valence electrons. The Morgan fingerprint density at radius 3 is 2.80 bits per heavy atom. The van der Waals surface area contributed by atoms with E-state index in [4.69, 9.17) is 9.98 Å². The number of fused-ring (bicyclic) bond motifs is 1. The van der Waals surface area contributed by atoms with E-state index >= 15 is 0 Å². The summed E-state index contributed by atoms with van der Waals surface area (Å²) in [6.07, 6.45) is 11.5. The molecule has 35 heavy (non-hydrogen) atoms. The van der Waals surface area contributed by atoms with E-state index in [0.29, 0.717) is 12.3 Å². The van der Waals surface area contributed by atoms with Crippen LogP contribution in [0.3, 0.4) is 0 Å². The number of hydrogen-bond acceptors (Lipinski definition) is 8. The number of rotatable bonds is 9. The maximum Gasteiger partial charge on any atom is 0.145 e. The topological polar surface area (TPSA) is 82.3 Å². The van der Waals surface area contributed by atoms with Crippen molar-refractivity contribution in [1.82, 2.24) is 15.2 Å². The Morgan fingerprint density at radius 1 is 1.34 bits per heavy atom. The van der Waals surface area contributed by atoms with Gasteiger partial charge in [-0.15, -0.1) is 0 Å². The third kappa shape index (κ3) is 6.04. The minimum absolute atomic E-state index is 0.242. The Hall–Kier alpha value is -2.02. The smallest absolute Gasteiger partial charge is 0.145 e. The minimum Gasteiger partial charge on any atom is -0.340 e. The first-order valence-electron chi connectivity index (χ1n) is 12.6. The summed E-state index contributed by atoms with van der Waals surface area (Å²) in [7, 11) is 2.77. The molecule has 0 aromatic carbocycles. The molecule has 2 saturated heterocycles. The van der Waals surface area contributed by atoms with Crippen LogP contribution in [0.25, 0.3) is 5.70 Å².